The molecule has 2 saturated heterocycles. The Morgan fingerprint density at radius 2 is 1.79 bits per heavy atom. The number of anilines is 1. The van der Waals surface area contributed by atoms with Crippen molar-refractivity contribution in [3.05, 3.63) is 24.2 Å². The summed E-state index contributed by atoms with van der Waals surface area (Å²) in [6.07, 6.45) is -3.29. The minimum Gasteiger partial charge on any atom is -0.456 e. The van der Waals surface area contributed by atoms with Crippen molar-refractivity contribution in [2.24, 2.45) is 11.8 Å². The normalized spacial score (nSPS) is 25.4. The number of nitrogens with one attached hydrogen (secondary N) is 1. The summed E-state index contributed by atoms with van der Waals surface area (Å²) < 4.78 is 62.8. The van der Waals surface area contributed by atoms with E-state index < -0.39 is 81.2 Å². The van der Waals surface area contributed by atoms with Gasteiger partial charge in [-0.15, -0.1) is 0 Å². The average Bonchev–Trinajstić information content (AvgIpc) is 3.49. The topological polar surface area (TPSA) is 192 Å². The molecule has 2 aliphatic heterocycles. The highest BCUT2D eigenvalue weighted by Crippen LogP contribution is 2.46. The van der Waals surface area contributed by atoms with Gasteiger partial charge in [-0.2, -0.15) is 5.10 Å². The highest BCUT2D eigenvalue weighted by Gasteiger charge is 2.61. The Bertz CT molecular complexity index is 1350. The van der Waals surface area contributed by atoms with E-state index in [9.17, 15) is 18.9 Å². The average molecular weight is 630 g/mol. The van der Waals surface area contributed by atoms with Gasteiger partial charge in [0.2, 0.25) is 0 Å². The molecule has 2 aromatic heterocycles. The zero-order chi connectivity index (χ0) is 31.5. The van der Waals surface area contributed by atoms with Crippen LogP contribution in [0.4, 0.5) is 10.2 Å². The Morgan fingerprint density at radius 1 is 1.12 bits per heavy atom. The highest BCUT2D eigenvalue weighted by molar-refractivity contribution is 7.36. The molecule has 15 nitrogen and oxygen atoms in total. The summed E-state index contributed by atoms with van der Waals surface area (Å²) in [7, 11) is -3.19. The third-order valence-electron chi connectivity index (χ3n) is 6.97. The Hall–Kier alpha value is -3.17. The summed E-state index contributed by atoms with van der Waals surface area (Å²) in [5.74, 6) is -3.11. The number of nitrogen functional groups attached to an aromatic ring is 1. The first kappa shape index (κ1) is 32.7. The number of nitrogens with two attached hydrogens (primary N) is 1. The van der Waals surface area contributed by atoms with Crippen LogP contribution in [0.3, 0.4) is 0 Å². The number of nitrogens with zero attached hydrogens (tertiary/aromatic N) is 3. The molecule has 2 aliphatic rings. The number of hydrogen-bond donors (Lipinski definition) is 2. The number of carbonyl (C=O) groups excluding carboxylic acids is 3. The van der Waals surface area contributed by atoms with E-state index in [1.54, 1.807) is 39.8 Å². The minimum absolute atomic E-state index is 0.153. The predicted octanol–water partition coefficient (Wildman–Crippen LogP) is 1.55. The van der Waals surface area contributed by atoms with Crippen LogP contribution in [-0.2, 0) is 47.2 Å². The molecule has 2 fully saturated rings. The second-order valence-electron chi connectivity index (χ2n) is 11.0. The smallest absolute Gasteiger partial charge is 0.323 e. The van der Waals surface area contributed by atoms with Crippen LogP contribution in [0.25, 0.3) is 5.52 Å². The molecule has 0 radical (unpaired) electrons. The van der Waals surface area contributed by atoms with Crippen LogP contribution in [0.1, 0.15) is 46.4 Å². The van der Waals surface area contributed by atoms with Crippen molar-refractivity contribution in [1.29, 1.82) is 0 Å². The second kappa shape index (κ2) is 13.6. The third-order valence-corrected chi connectivity index (χ3v) is 8.04. The highest BCUT2D eigenvalue weighted by atomic mass is 31.1. The molecule has 2 aromatic rings. The zero-order valence-electron chi connectivity index (χ0n) is 24.5. The summed E-state index contributed by atoms with van der Waals surface area (Å²) >= 11 is 0. The van der Waals surface area contributed by atoms with Crippen LogP contribution < -0.4 is 10.8 Å². The molecular weight excluding hydrogens is 592 g/mol. The molecule has 4 rings (SSSR count). The Labute approximate surface area is 247 Å². The SMILES string of the molecule is CC(C)C(=O)O[C@H]1[C@H](c2ccc3c(N)ncnn23)O[C@](CF)(CO[PH](=O)N[C@@H](C)C(=O)OC2COC2)[C@H]1OC(=O)C(C)C. The van der Waals surface area contributed by atoms with Gasteiger partial charge in [-0.3, -0.25) is 18.9 Å². The number of rotatable bonds is 13. The second-order valence-corrected chi connectivity index (χ2v) is 12.2. The molecule has 1 unspecified atom stereocenters. The van der Waals surface area contributed by atoms with Gasteiger partial charge in [0.15, 0.2) is 23.6 Å². The van der Waals surface area contributed by atoms with E-state index in [2.05, 4.69) is 15.2 Å². The lowest BCUT2D eigenvalue weighted by atomic mass is 9.95. The fraction of sp³-hybridized carbons (Fsp3) is 0.654. The number of alkyl halides is 1. The van der Waals surface area contributed by atoms with Gasteiger partial charge in [0, 0.05) is 0 Å². The molecule has 17 heteroatoms. The number of ether oxygens (including phenoxy) is 5. The molecule has 0 amide bonds. The van der Waals surface area contributed by atoms with Crippen molar-refractivity contribution >= 4 is 37.4 Å². The van der Waals surface area contributed by atoms with Crippen molar-refractivity contribution in [1.82, 2.24) is 19.7 Å². The molecule has 0 aromatic carbocycles. The van der Waals surface area contributed by atoms with Crippen LogP contribution in [0.15, 0.2) is 18.5 Å². The van der Waals surface area contributed by atoms with Crippen molar-refractivity contribution < 1.29 is 51.5 Å². The molecule has 0 saturated carbocycles. The van der Waals surface area contributed by atoms with Gasteiger partial charge in [-0.25, -0.2) is 19.0 Å². The van der Waals surface area contributed by atoms with E-state index in [-0.39, 0.29) is 25.1 Å². The van der Waals surface area contributed by atoms with Crippen LogP contribution in [0.5, 0.6) is 0 Å². The molecule has 238 valence electrons. The molecular formula is C26H37FN5O10P. The summed E-state index contributed by atoms with van der Waals surface area (Å²) in [6, 6.07) is 2.18. The van der Waals surface area contributed by atoms with Crippen molar-refractivity contribution in [2.75, 3.05) is 32.2 Å². The standard InChI is InChI=1S/C26H37FN5O10P/c1-13(2)23(33)40-20-19(17-6-7-18-22(28)29-12-30-32(17)18)42-26(10-27,21(20)41-24(34)14(3)4)11-38-43(36)31-15(5)25(35)39-16-8-37-9-16/h6-7,12-16,19-21,43H,8-11H2,1-5H3,(H,31,36)(H2,28,29,30)/t15-,19-,20-,21-,26+/m0/s1. The molecule has 4 heterocycles. The van der Waals surface area contributed by atoms with Crippen LogP contribution in [0.2, 0.25) is 0 Å². The molecule has 3 N–H and O–H groups in total. The van der Waals surface area contributed by atoms with Crippen LogP contribution in [-0.4, -0.2) is 89.0 Å². The van der Waals surface area contributed by atoms with E-state index in [4.69, 9.17) is 33.9 Å². The lowest BCUT2D eigenvalue weighted by Crippen LogP contribution is -2.52. The van der Waals surface area contributed by atoms with Crippen molar-refractivity contribution in [3.8, 4) is 0 Å². The summed E-state index contributed by atoms with van der Waals surface area (Å²) in [6.45, 7) is 6.37. The van der Waals surface area contributed by atoms with E-state index in [1.807, 2.05) is 0 Å². The minimum atomic E-state index is -3.19. The predicted molar refractivity (Wildman–Crippen MR) is 148 cm³/mol. The first-order valence-electron chi connectivity index (χ1n) is 13.8. The summed E-state index contributed by atoms with van der Waals surface area (Å²) in [5.41, 5.74) is 4.62. The Balaban J connectivity index is 1.64. The fourth-order valence-electron chi connectivity index (χ4n) is 4.37. The van der Waals surface area contributed by atoms with Gasteiger partial charge in [-0.05, 0) is 19.1 Å². The number of carbonyl (C=O) groups is 3. The number of aromatic nitrogens is 3. The maximum absolute atomic E-state index is 15.2. The lowest BCUT2D eigenvalue weighted by molar-refractivity contribution is -0.178. The monoisotopic (exact) mass is 629 g/mol. The van der Waals surface area contributed by atoms with Gasteiger partial charge in [0.25, 0.3) is 8.18 Å². The first-order chi connectivity index (χ1) is 20.4. The van der Waals surface area contributed by atoms with Crippen molar-refractivity contribution in [3.63, 3.8) is 0 Å². The van der Waals surface area contributed by atoms with Gasteiger partial charge in [-0.1, -0.05) is 27.7 Å². The summed E-state index contributed by atoms with van der Waals surface area (Å²) in [5, 5.41) is 6.71. The first-order valence-corrected chi connectivity index (χ1v) is 15.1. The van der Waals surface area contributed by atoms with E-state index >= 15 is 4.39 Å². The number of esters is 3. The molecule has 0 bridgehead atoms. The van der Waals surface area contributed by atoms with E-state index in [0.717, 1.165) is 0 Å². The zero-order valence-corrected chi connectivity index (χ0v) is 25.5. The maximum atomic E-state index is 15.2. The number of hydrogen-bond acceptors (Lipinski definition) is 13. The van der Waals surface area contributed by atoms with Gasteiger partial charge >= 0.3 is 17.9 Å². The van der Waals surface area contributed by atoms with E-state index in [0.29, 0.717) is 11.2 Å². The maximum Gasteiger partial charge on any atom is 0.323 e. The number of halogens is 1. The van der Waals surface area contributed by atoms with Gasteiger partial charge < -0.3 is 33.9 Å². The molecule has 0 aliphatic carbocycles. The molecule has 0 spiro atoms. The van der Waals surface area contributed by atoms with Gasteiger partial charge in [0.1, 0.15) is 36.8 Å². The quantitative estimate of drug-likeness (QED) is 0.184. The van der Waals surface area contributed by atoms with Crippen LogP contribution >= 0.6 is 8.18 Å². The fourth-order valence-corrected chi connectivity index (χ4v) is 5.30. The largest absolute Gasteiger partial charge is 0.456 e. The summed E-state index contributed by atoms with van der Waals surface area (Å²) in [4.78, 5) is 41.9. The van der Waals surface area contributed by atoms with E-state index in [1.165, 1.54) is 17.8 Å². The van der Waals surface area contributed by atoms with Gasteiger partial charge in [0.05, 0.1) is 37.4 Å². The third kappa shape index (κ3) is 7.15. The molecule has 6 atom stereocenters. The van der Waals surface area contributed by atoms with Crippen molar-refractivity contribution in [2.45, 2.75) is 70.7 Å². The number of fused-ring (bicyclic) bond motifs is 1. The lowest BCUT2D eigenvalue weighted by Gasteiger charge is -2.32. The van der Waals surface area contributed by atoms with Crippen LogP contribution in [0, 0.1) is 11.8 Å². The Morgan fingerprint density at radius 3 is 2.40 bits per heavy atom. The molecule has 43 heavy (non-hydrogen) atoms. The Kier molecular flexibility index (Phi) is 10.4.